The van der Waals surface area contributed by atoms with Crippen molar-refractivity contribution in [2.24, 2.45) is 0 Å². The van der Waals surface area contributed by atoms with E-state index in [-0.39, 0.29) is 18.9 Å². The van der Waals surface area contributed by atoms with Gasteiger partial charge in [-0.2, -0.15) is 0 Å². The van der Waals surface area contributed by atoms with Gasteiger partial charge in [0.05, 0.1) is 32.0 Å². The summed E-state index contributed by atoms with van der Waals surface area (Å²) in [5.41, 5.74) is 0. The summed E-state index contributed by atoms with van der Waals surface area (Å²) in [5, 5.41) is 86.2. The lowest BCUT2D eigenvalue weighted by atomic mass is 9.97. The molecule has 0 spiro atoms. The Morgan fingerprint density at radius 3 is 1.40 bits per heavy atom. The van der Waals surface area contributed by atoms with Gasteiger partial charge < -0.3 is 65.1 Å². The van der Waals surface area contributed by atoms with Gasteiger partial charge in [-0.05, 0) is 44.9 Å². The van der Waals surface area contributed by atoms with E-state index in [2.05, 4.69) is 43.5 Å². The van der Waals surface area contributed by atoms with Gasteiger partial charge in [-0.1, -0.05) is 224 Å². The second-order valence-corrected chi connectivity index (χ2v) is 21.1. The molecule has 2 aliphatic rings. The molecule has 1 amide bonds. The van der Waals surface area contributed by atoms with Gasteiger partial charge in [0.25, 0.3) is 0 Å². The zero-order valence-electron chi connectivity index (χ0n) is 45.9. The largest absolute Gasteiger partial charge is 0.394 e. The Morgan fingerprint density at radius 2 is 0.918 bits per heavy atom. The lowest BCUT2D eigenvalue weighted by Gasteiger charge is -2.46. The fourth-order valence-electron chi connectivity index (χ4n) is 9.72. The summed E-state index contributed by atoms with van der Waals surface area (Å²) < 4.78 is 22.5. The van der Waals surface area contributed by atoms with Crippen LogP contribution in [0.5, 0.6) is 0 Å². The summed E-state index contributed by atoms with van der Waals surface area (Å²) in [4.78, 5) is 13.1. The van der Waals surface area contributed by atoms with Crippen LogP contribution in [0.25, 0.3) is 0 Å². The number of allylic oxidation sites excluding steroid dienone is 5. The third-order valence-electron chi connectivity index (χ3n) is 14.6. The molecule has 9 N–H and O–H groups in total. The lowest BCUT2D eigenvalue weighted by Crippen LogP contribution is -2.65. The molecule has 0 saturated carbocycles. The minimum absolute atomic E-state index is 0.246. The molecule has 2 aliphatic heterocycles. The molecule has 2 saturated heterocycles. The maximum Gasteiger partial charge on any atom is 0.220 e. The standard InChI is InChI=1S/C59H109NO13/c1-3-5-7-9-10-11-12-13-14-15-16-17-18-19-20-21-22-23-24-25-26-27-28-29-30-31-32-33-34-35-36-37-38-39-41-43-51(64)60-47(48(63)42-40-8-6-4-2)46-70-58-56(69)54(67)57(50(45-62)72-58)73-59-55(68)53(66)52(65)49(44-61)71-59/h12-13,15-16,40,42,47-50,52-59,61-63,65-69H,3-11,14,17-39,41,43-46H2,1-2H3,(H,60,64)/b13-12-,16-15-,42-40+. The van der Waals surface area contributed by atoms with E-state index in [0.29, 0.717) is 6.42 Å². The van der Waals surface area contributed by atoms with Crippen LogP contribution in [0, 0.1) is 0 Å². The van der Waals surface area contributed by atoms with Gasteiger partial charge in [0, 0.05) is 6.42 Å². The molecule has 2 rings (SSSR count). The van der Waals surface area contributed by atoms with Gasteiger partial charge >= 0.3 is 0 Å². The Kier molecular flexibility index (Phi) is 41.7. The molecular formula is C59H109NO13. The van der Waals surface area contributed by atoms with Crippen molar-refractivity contribution in [3.05, 3.63) is 36.5 Å². The molecule has 14 nitrogen and oxygen atoms in total. The van der Waals surface area contributed by atoms with Crippen molar-refractivity contribution in [1.82, 2.24) is 5.32 Å². The first-order valence-electron chi connectivity index (χ1n) is 29.7. The number of carbonyl (C=O) groups excluding carboxylic acids is 1. The van der Waals surface area contributed by atoms with Crippen LogP contribution in [0.15, 0.2) is 36.5 Å². The maximum atomic E-state index is 13.1. The summed E-state index contributed by atoms with van der Waals surface area (Å²) in [5.74, 6) is -0.246. The average molecular weight is 1040 g/mol. The Labute approximate surface area is 442 Å². The van der Waals surface area contributed by atoms with Crippen LogP contribution in [0.3, 0.4) is 0 Å². The molecule has 0 aromatic heterocycles. The zero-order chi connectivity index (χ0) is 53.2. The predicted molar refractivity (Wildman–Crippen MR) is 291 cm³/mol. The molecule has 0 bridgehead atoms. The van der Waals surface area contributed by atoms with E-state index in [1.54, 1.807) is 6.08 Å². The molecule has 0 aromatic rings. The highest BCUT2D eigenvalue weighted by Gasteiger charge is 2.51. The van der Waals surface area contributed by atoms with Crippen LogP contribution >= 0.6 is 0 Å². The summed E-state index contributed by atoms with van der Waals surface area (Å²) in [6.45, 7) is 2.62. The van der Waals surface area contributed by atoms with E-state index in [4.69, 9.17) is 18.9 Å². The minimum atomic E-state index is -1.78. The molecule has 0 aliphatic carbocycles. The molecule has 0 aromatic carbocycles. The van der Waals surface area contributed by atoms with Crippen molar-refractivity contribution in [3.8, 4) is 0 Å². The number of hydrogen-bond acceptors (Lipinski definition) is 13. The molecule has 2 fully saturated rings. The van der Waals surface area contributed by atoms with Crippen LogP contribution in [-0.2, 0) is 23.7 Å². The Hall–Kier alpha value is -1.79. The van der Waals surface area contributed by atoms with Crippen molar-refractivity contribution < 1.29 is 64.6 Å². The van der Waals surface area contributed by atoms with Crippen LogP contribution in [0.2, 0.25) is 0 Å². The summed E-state index contributed by atoms with van der Waals surface area (Å²) >= 11 is 0. The summed E-state index contributed by atoms with van der Waals surface area (Å²) in [6, 6.07) is -0.908. The van der Waals surface area contributed by atoms with Gasteiger partial charge in [0.1, 0.15) is 48.8 Å². The third kappa shape index (κ3) is 31.3. The Balaban J connectivity index is 1.49. The van der Waals surface area contributed by atoms with Crippen molar-refractivity contribution >= 4 is 5.91 Å². The normalized spacial score (nSPS) is 25.6. The first-order valence-corrected chi connectivity index (χ1v) is 29.7. The van der Waals surface area contributed by atoms with Crippen LogP contribution < -0.4 is 5.32 Å². The first kappa shape index (κ1) is 67.3. The second kappa shape index (κ2) is 45.3. The van der Waals surface area contributed by atoms with E-state index in [9.17, 15) is 45.6 Å². The van der Waals surface area contributed by atoms with Crippen molar-refractivity contribution in [2.75, 3.05) is 19.8 Å². The number of rotatable bonds is 47. The van der Waals surface area contributed by atoms with Crippen LogP contribution in [-0.4, -0.2) is 140 Å². The van der Waals surface area contributed by atoms with Crippen molar-refractivity contribution in [3.63, 3.8) is 0 Å². The zero-order valence-corrected chi connectivity index (χ0v) is 45.9. The molecular weight excluding hydrogens is 931 g/mol. The molecule has 73 heavy (non-hydrogen) atoms. The average Bonchev–Trinajstić information content (AvgIpc) is 3.39. The monoisotopic (exact) mass is 1040 g/mol. The highest BCUT2D eigenvalue weighted by Crippen LogP contribution is 2.30. The number of aliphatic hydroxyl groups is 8. The van der Waals surface area contributed by atoms with Gasteiger partial charge in [-0.25, -0.2) is 0 Å². The summed E-state index contributed by atoms with van der Waals surface area (Å²) in [6.07, 6.45) is 38.9. The van der Waals surface area contributed by atoms with E-state index < -0.39 is 86.8 Å². The molecule has 428 valence electrons. The number of amides is 1. The van der Waals surface area contributed by atoms with Gasteiger partial charge in [-0.3, -0.25) is 4.79 Å². The van der Waals surface area contributed by atoms with Gasteiger partial charge in [0.15, 0.2) is 12.6 Å². The topological polar surface area (TPSA) is 228 Å². The molecule has 0 radical (unpaired) electrons. The SMILES string of the molecule is CCCC/C=C/C(O)C(COC1OC(CO)C(OC2OC(CO)C(O)C(O)C2O)C(O)C1O)NC(=O)CCCCCCCCCCCCCCCCCCCCCCCCC/C=C\C/C=C\CCCCCCC. The van der Waals surface area contributed by atoms with Crippen LogP contribution in [0.1, 0.15) is 239 Å². The summed E-state index contributed by atoms with van der Waals surface area (Å²) in [7, 11) is 0. The minimum Gasteiger partial charge on any atom is -0.394 e. The number of hydrogen-bond donors (Lipinski definition) is 9. The van der Waals surface area contributed by atoms with Crippen molar-refractivity contribution in [1.29, 1.82) is 0 Å². The molecule has 12 unspecified atom stereocenters. The number of unbranched alkanes of at least 4 members (excludes halogenated alkanes) is 30. The fourth-order valence-corrected chi connectivity index (χ4v) is 9.72. The van der Waals surface area contributed by atoms with E-state index in [1.807, 2.05) is 6.08 Å². The number of nitrogens with one attached hydrogen (secondary N) is 1. The Bertz CT molecular complexity index is 1370. The van der Waals surface area contributed by atoms with Gasteiger partial charge in [-0.15, -0.1) is 0 Å². The number of ether oxygens (including phenoxy) is 4. The van der Waals surface area contributed by atoms with Crippen LogP contribution in [0.4, 0.5) is 0 Å². The maximum absolute atomic E-state index is 13.1. The second-order valence-electron chi connectivity index (χ2n) is 21.1. The fraction of sp³-hybridized carbons (Fsp3) is 0.881. The first-order chi connectivity index (χ1) is 35.6. The molecule has 12 atom stereocenters. The van der Waals surface area contributed by atoms with Gasteiger partial charge in [0.2, 0.25) is 5.91 Å². The third-order valence-corrected chi connectivity index (χ3v) is 14.6. The van der Waals surface area contributed by atoms with E-state index in [0.717, 1.165) is 44.9 Å². The van der Waals surface area contributed by atoms with E-state index in [1.165, 1.54) is 167 Å². The highest BCUT2D eigenvalue weighted by molar-refractivity contribution is 5.76. The smallest absolute Gasteiger partial charge is 0.220 e. The Morgan fingerprint density at radius 1 is 0.493 bits per heavy atom. The van der Waals surface area contributed by atoms with E-state index >= 15 is 0 Å². The predicted octanol–water partition coefficient (Wildman–Crippen LogP) is 9.83. The molecule has 2 heterocycles. The lowest BCUT2D eigenvalue weighted by molar-refractivity contribution is -0.359. The highest BCUT2D eigenvalue weighted by atomic mass is 16.7. The quantitative estimate of drug-likeness (QED) is 0.0205. The van der Waals surface area contributed by atoms with Crippen molar-refractivity contribution in [2.45, 2.75) is 312 Å². The number of aliphatic hydroxyl groups excluding tert-OH is 8. The molecule has 14 heteroatoms. The number of carbonyl (C=O) groups is 1.